The fourth-order valence-corrected chi connectivity index (χ4v) is 5.23. The normalized spacial score (nSPS) is 21.9. The second-order valence-electron chi connectivity index (χ2n) is 6.64. The van der Waals surface area contributed by atoms with Crippen molar-refractivity contribution in [3.63, 3.8) is 0 Å². The van der Waals surface area contributed by atoms with Crippen LogP contribution in [0.25, 0.3) is 0 Å². The van der Waals surface area contributed by atoms with E-state index in [0.717, 1.165) is 38.0 Å². The van der Waals surface area contributed by atoms with Gasteiger partial charge in [0.1, 0.15) is 5.82 Å². The number of morpholine rings is 1. The molecule has 1 aromatic rings. The molecule has 0 spiro atoms. The first-order chi connectivity index (χ1) is 11.5. The number of benzene rings is 1. The van der Waals surface area contributed by atoms with Crippen molar-refractivity contribution in [2.45, 2.75) is 19.4 Å². The van der Waals surface area contributed by atoms with Gasteiger partial charge >= 0.3 is 0 Å². The van der Waals surface area contributed by atoms with Crippen molar-refractivity contribution >= 4 is 10.0 Å². The summed E-state index contributed by atoms with van der Waals surface area (Å²) in [6, 6.07) is 6.59. The van der Waals surface area contributed by atoms with E-state index in [1.54, 1.807) is 4.31 Å². The summed E-state index contributed by atoms with van der Waals surface area (Å²) >= 11 is 0. The second kappa shape index (κ2) is 7.91. The lowest BCUT2D eigenvalue weighted by Gasteiger charge is -2.33. The highest BCUT2D eigenvalue weighted by Crippen LogP contribution is 2.22. The molecule has 0 amide bonds. The van der Waals surface area contributed by atoms with Crippen molar-refractivity contribution in [1.82, 2.24) is 9.21 Å². The molecule has 5 nitrogen and oxygen atoms in total. The van der Waals surface area contributed by atoms with Crippen molar-refractivity contribution in [3.05, 3.63) is 35.6 Å². The van der Waals surface area contributed by atoms with Crippen molar-refractivity contribution in [1.29, 1.82) is 0 Å². The van der Waals surface area contributed by atoms with E-state index in [2.05, 4.69) is 4.90 Å². The molecule has 0 bridgehead atoms. The third-order valence-corrected chi connectivity index (χ3v) is 6.88. The highest BCUT2D eigenvalue weighted by molar-refractivity contribution is 7.89. The number of rotatable bonds is 5. The number of likely N-dealkylation sites (tertiary alicyclic amines) is 1. The lowest BCUT2D eigenvalue weighted by atomic mass is 9.98. The van der Waals surface area contributed by atoms with Crippen LogP contribution in [-0.4, -0.2) is 62.8 Å². The van der Waals surface area contributed by atoms with E-state index in [4.69, 9.17) is 4.74 Å². The van der Waals surface area contributed by atoms with E-state index in [0.29, 0.717) is 26.3 Å². The molecule has 0 saturated carbocycles. The summed E-state index contributed by atoms with van der Waals surface area (Å²) < 4.78 is 44.7. The highest BCUT2D eigenvalue weighted by atomic mass is 32.2. The largest absolute Gasteiger partial charge is 0.379 e. The topological polar surface area (TPSA) is 49.9 Å². The standard InChI is InChI=1S/C17H25FN2O3S/c18-17-3-1-15(2-4-17)13-19-7-5-16(6-8-19)14-24(21,22)20-9-11-23-12-10-20/h1-4,16H,5-14H2. The summed E-state index contributed by atoms with van der Waals surface area (Å²) in [5.74, 6) is 0.255. The van der Waals surface area contributed by atoms with Gasteiger partial charge in [0, 0.05) is 19.6 Å². The predicted octanol–water partition coefficient (Wildman–Crippen LogP) is 1.70. The maximum atomic E-state index is 12.9. The Morgan fingerprint density at radius 2 is 1.67 bits per heavy atom. The summed E-state index contributed by atoms with van der Waals surface area (Å²) in [7, 11) is -3.17. The molecule has 0 unspecified atom stereocenters. The van der Waals surface area contributed by atoms with Gasteiger partial charge in [0.15, 0.2) is 0 Å². The van der Waals surface area contributed by atoms with Crippen LogP contribution in [0.5, 0.6) is 0 Å². The molecule has 1 aromatic carbocycles. The zero-order valence-corrected chi connectivity index (χ0v) is 14.7. The number of hydrogen-bond acceptors (Lipinski definition) is 4. The Kier molecular flexibility index (Phi) is 5.86. The zero-order chi connectivity index (χ0) is 17.0. The van der Waals surface area contributed by atoms with Gasteiger partial charge in [-0.05, 0) is 49.5 Å². The SMILES string of the molecule is O=S(=O)(CC1CCN(Cc2ccc(F)cc2)CC1)N1CCOCC1. The van der Waals surface area contributed by atoms with Gasteiger partial charge in [0.05, 0.1) is 19.0 Å². The average Bonchev–Trinajstić information content (AvgIpc) is 2.59. The summed E-state index contributed by atoms with van der Waals surface area (Å²) in [5.41, 5.74) is 1.09. The first-order valence-corrected chi connectivity index (χ1v) is 10.2. The molecule has 2 aliphatic rings. The van der Waals surface area contributed by atoms with Gasteiger partial charge in [-0.15, -0.1) is 0 Å². The fourth-order valence-electron chi connectivity index (χ4n) is 3.39. The molecule has 3 rings (SSSR count). The third-order valence-electron chi connectivity index (χ3n) is 4.84. The van der Waals surface area contributed by atoms with E-state index < -0.39 is 10.0 Å². The Bertz CT molecular complexity index is 622. The Morgan fingerprint density at radius 3 is 2.29 bits per heavy atom. The molecule has 2 saturated heterocycles. The third kappa shape index (κ3) is 4.75. The summed E-state index contributed by atoms with van der Waals surface area (Å²) in [6.45, 7) is 4.52. The molecule has 134 valence electrons. The second-order valence-corrected chi connectivity index (χ2v) is 8.65. The number of hydrogen-bond donors (Lipinski definition) is 0. The minimum atomic E-state index is -3.17. The van der Waals surface area contributed by atoms with Gasteiger partial charge in [-0.3, -0.25) is 4.90 Å². The summed E-state index contributed by atoms with van der Waals surface area (Å²) in [5, 5.41) is 0. The fraction of sp³-hybridized carbons (Fsp3) is 0.647. The molecule has 0 N–H and O–H groups in total. The first kappa shape index (κ1) is 17.8. The summed E-state index contributed by atoms with van der Waals surface area (Å²) in [4.78, 5) is 2.31. The quantitative estimate of drug-likeness (QED) is 0.806. The van der Waals surface area contributed by atoms with Gasteiger partial charge in [-0.25, -0.2) is 12.8 Å². The van der Waals surface area contributed by atoms with Crippen molar-refractivity contribution in [2.75, 3.05) is 45.1 Å². The average molecular weight is 356 g/mol. The van der Waals surface area contributed by atoms with Crippen LogP contribution in [0.15, 0.2) is 24.3 Å². The maximum absolute atomic E-state index is 12.9. The number of nitrogens with zero attached hydrogens (tertiary/aromatic N) is 2. The lowest BCUT2D eigenvalue weighted by Crippen LogP contribution is -2.44. The van der Waals surface area contributed by atoms with Gasteiger partial charge in [-0.1, -0.05) is 12.1 Å². The smallest absolute Gasteiger partial charge is 0.214 e. The number of piperidine rings is 1. The van der Waals surface area contributed by atoms with Gasteiger partial charge < -0.3 is 4.74 Å². The van der Waals surface area contributed by atoms with E-state index in [9.17, 15) is 12.8 Å². The molecular formula is C17H25FN2O3S. The van der Waals surface area contributed by atoms with Crippen LogP contribution >= 0.6 is 0 Å². The molecule has 0 aliphatic carbocycles. The maximum Gasteiger partial charge on any atom is 0.214 e. The number of sulfonamides is 1. The van der Waals surface area contributed by atoms with Gasteiger partial charge in [-0.2, -0.15) is 4.31 Å². The Balaban J connectivity index is 1.47. The first-order valence-electron chi connectivity index (χ1n) is 8.55. The van der Waals surface area contributed by atoms with E-state index >= 15 is 0 Å². The number of halogens is 1. The van der Waals surface area contributed by atoms with Crippen molar-refractivity contribution in [3.8, 4) is 0 Å². The minimum Gasteiger partial charge on any atom is -0.379 e. The Labute approximate surface area is 143 Å². The Morgan fingerprint density at radius 1 is 1.04 bits per heavy atom. The van der Waals surface area contributed by atoms with Crippen LogP contribution in [-0.2, 0) is 21.3 Å². The van der Waals surface area contributed by atoms with Crippen LogP contribution < -0.4 is 0 Å². The lowest BCUT2D eigenvalue weighted by molar-refractivity contribution is 0.0726. The van der Waals surface area contributed by atoms with Crippen LogP contribution in [0, 0.1) is 11.7 Å². The monoisotopic (exact) mass is 356 g/mol. The van der Waals surface area contributed by atoms with E-state index in [1.165, 1.54) is 12.1 Å². The summed E-state index contributed by atoms with van der Waals surface area (Å²) in [6.07, 6.45) is 1.79. The minimum absolute atomic E-state index is 0.217. The van der Waals surface area contributed by atoms with Gasteiger partial charge in [0.2, 0.25) is 10.0 Å². The van der Waals surface area contributed by atoms with Crippen LogP contribution in [0.4, 0.5) is 4.39 Å². The molecule has 24 heavy (non-hydrogen) atoms. The molecular weight excluding hydrogens is 331 g/mol. The molecule has 2 heterocycles. The van der Waals surface area contributed by atoms with Crippen LogP contribution in [0.3, 0.4) is 0 Å². The molecule has 7 heteroatoms. The molecule has 2 aliphatic heterocycles. The zero-order valence-electron chi connectivity index (χ0n) is 13.9. The highest BCUT2D eigenvalue weighted by Gasteiger charge is 2.29. The Hall–Kier alpha value is -1.02. The molecule has 0 radical (unpaired) electrons. The van der Waals surface area contributed by atoms with Gasteiger partial charge in [0.25, 0.3) is 0 Å². The van der Waals surface area contributed by atoms with Crippen molar-refractivity contribution < 1.29 is 17.5 Å². The predicted molar refractivity (Wildman–Crippen MR) is 90.6 cm³/mol. The van der Waals surface area contributed by atoms with Crippen LogP contribution in [0.2, 0.25) is 0 Å². The van der Waals surface area contributed by atoms with E-state index in [-0.39, 0.29) is 17.5 Å². The van der Waals surface area contributed by atoms with Crippen LogP contribution in [0.1, 0.15) is 18.4 Å². The van der Waals surface area contributed by atoms with Crippen molar-refractivity contribution in [2.24, 2.45) is 5.92 Å². The molecule has 0 aromatic heterocycles. The number of ether oxygens (including phenoxy) is 1. The molecule has 2 fully saturated rings. The molecule has 0 atom stereocenters. The van der Waals surface area contributed by atoms with E-state index in [1.807, 2.05) is 12.1 Å².